The van der Waals surface area contributed by atoms with Crippen molar-refractivity contribution in [2.24, 2.45) is 7.05 Å². The third kappa shape index (κ3) is 3.21. The highest BCUT2D eigenvalue weighted by atomic mass is 35.5. The minimum atomic E-state index is 0.258. The molecule has 1 rings (SSSR count). The summed E-state index contributed by atoms with van der Waals surface area (Å²) in [6.45, 7) is 0.258. The van der Waals surface area contributed by atoms with Gasteiger partial charge in [-0.2, -0.15) is 11.8 Å². The van der Waals surface area contributed by atoms with E-state index in [1.807, 2.05) is 11.6 Å². The Morgan fingerprint density at radius 1 is 1.69 bits per heavy atom. The molecule has 13 heavy (non-hydrogen) atoms. The van der Waals surface area contributed by atoms with Gasteiger partial charge in [-0.05, 0) is 12.2 Å². The van der Waals surface area contributed by atoms with E-state index >= 15 is 0 Å². The molecule has 0 unspecified atom stereocenters. The Bertz CT molecular complexity index is 265. The highest BCUT2D eigenvalue weighted by Crippen LogP contribution is 2.15. The zero-order chi connectivity index (χ0) is 9.68. The molecule has 0 aliphatic heterocycles. The first-order chi connectivity index (χ1) is 6.25. The van der Waals surface area contributed by atoms with Crippen molar-refractivity contribution in [1.29, 1.82) is 0 Å². The highest BCUT2D eigenvalue weighted by molar-refractivity contribution is 7.98. The minimum Gasteiger partial charge on any atom is -0.396 e. The molecule has 1 aromatic rings. The molecule has 0 bridgehead atoms. The fraction of sp³-hybridized carbons (Fsp3) is 0.625. The topological polar surface area (TPSA) is 38.0 Å². The fourth-order valence-corrected chi connectivity index (χ4v) is 1.96. The van der Waals surface area contributed by atoms with Gasteiger partial charge in [-0.15, -0.1) is 0 Å². The Morgan fingerprint density at radius 3 is 3.00 bits per heavy atom. The zero-order valence-electron chi connectivity index (χ0n) is 7.53. The van der Waals surface area contributed by atoms with Crippen molar-refractivity contribution in [3.05, 3.63) is 17.2 Å². The van der Waals surface area contributed by atoms with Gasteiger partial charge < -0.3 is 9.67 Å². The van der Waals surface area contributed by atoms with Crippen LogP contribution in [0.15, 0.2) is 6.20 Å². The second-order valence-corrected chi connectivity index (χ2v) is 4.18. The van der Waals surface area contributed by atoms with Crippen molar-refractivity contribution in [3.8, 4) is 0 Å². The SMILES string of the molecule is Cn1c(Cl)cnc1CSCCCO. The first-order valence-electron chi connectivity index (χ1n) is 4.10. The van der Waals surface area contributed by atoms with Crippen LogP contribution in [0.5, 0.6) is 0 Å². The van der Waals surface area contributed by atoms with E-state index in [9.17, 15) is 0 Å². The second-order valence-electron chi connectivity index (χ2n) is 2.69. The summed E-state index contributed by atoms with van der Waals surface area (Å²) in [6, 6.07) is 0. The number of halogens is 1. The number of hydrogen-bond donors (Lipinski definition) is 1. The average Bonchev–Trinajstić information content (AvgIpc) is 2.43. The molecule has 0 aliphatic carbocycles. The van der Waals surface area contributed by atoms with Crippen molar-refractivity contribution in [2.75, 3.05) is 12.4 Å². The summed E-state index contributed by atoms with van der Waals surface area (Å²) < 4.78 is 1.87. The summed E-state index contributed by atoms with van der Waals surface area (Å²) in [6.07, 6.45) is 2.49. The van der Waals surface area contributed by atoms with Crippen LogP contribution >= 0.6 is 23.4 Å². The average molecular weight is 221 g/mol. The fourth-order valence-electron chi connectivity index (χ4n) is 0.888. The molecule has 1 aromatic heterocycles. The van der Waals surface area contributed by atoms with Crippen molar-refractivity contribution in [3.63, 3.8) is 0 Å². The number of imidazole rings is 1. The van der Waals surface area contributed by atoms with Crippen LogP contribution in [0.4, 0.5) is 0 Å². The summed E-state index contributed by atoms with van der Waals surface area (Å²) in [7, 11) is 1.90. The van der Waals surface area contributed by atoms with E-state index in [-0.39, 0.29) is 6.61 Å². The summed E-state index contributed by atoms with van der Waals surface area (Å²) >= 11 is 7.58. The lowest BCUT2D eigenvalue weighted by Crippen LogP contribution is -1.96. The molecule has 0 aliphatic rings. The number of aliphatic hydroxyl groups is 1. The van der Waals surface area contributed by atoms with Gasteiger partial charge in [0.05, 0.1) is 11.9 Å². The van der Waals surface area contributed by atoms with E-state index in [1.54, 1.807) is 18.0 Å². The normalized spacial score (nSPS) is 10.7. The number of hydrogen-bond acceptors (Lipinski definition) is 3. The van der Waals surface area contributed by atoms with Gasteiger partial charge in [-0.25, -0.2) is 4.98 Å². The Kier molecular flexibility index (Phi) is 4.62. The van der Waals surface area contributed by atoms with Crippen LogP contribution in [-0.2, 0) is 12.8 Å². The standard InChI is InChI=1S/C8H13ClN2OS/c1-11-7(9)5-10-8(11)6-13-4-2-3-12/h5,12H,2-4,6H2,1H3. The Hall–Kier alpha value is -0.190. The maximum absolute atomic E-state index is 8.57. The lowest BCUT2D eigenvalue weighted by atomic mass is 10.5. The van der Waals surface area contributed by atoms with E-state index in [0.29, 0.717) is 5.15 Å². The Balaban J connectivity index is 2.32. The lowest BCUT2D eigenvalue weighted by molar-refractivity contribution is 0.296. The molecular formula is C8H13ClN2OS. The van der Waals surface area contributed by atoms with Gasteiger partial charge in [0.15, 0.2) is 0 Å². The van der Waals surface area contributed by atoms with E-state index in [2.05, 4.69) is 4.98 Å². The van der Waals surface area contributed by atoms with Gasteiger partial charge in [0.2, 0.25) is 0 Å². The van der Waals surface area contributed by atoms with Crippen LogP contribution in [0.25, 0.3) is 0 Å². The van der Waals surface area contributed by atoms with E-state index in [1.165, 1.54) is 0 Å². The summed E-state index contributed by atoms with van der Waals surface area (Å²) in [5, 5.41) is 9.23. The molecule has 0 fully saturated rings. The molecule has 1 heterocycles. The number of thioether (sulfide) groups is 1. The monoisotopic (exact) mass is 220 g/mol. The van der Waals surface area contributed by atoms with Crippen molar-refractivity contribution in [2.45, 2.75) is 12.2 Å². The van der Waals surface area contributed by atoms with Gasteiger partial charge in [0.1, 0.15) is 11.0 Å². The number of aromatic nitrogens is 2. The van der Waals surface area contributed by atoms with Crippen LogP contribution in [0.2, 0.25) is 5.15 Å². The predicted molar refractivity (Wildman–Crippen MR) is 56.1 cm³/mol. The molecule has 3 nitrogen and oxygen atoms in total. The third-order valence-electron chi connectivity index (χ3n) is 1.71. The van der Waals surface area contributed by atoms with Gasteiger partial charge in [-0.1, -0.05) is 11.6 Å². The number of aliphatic hydroxyl groups excluding tert-OH is 1. The van der Waals surface area contributed by atoms with E-state index in [4.69, 9.17) is 16.7 Å². The van der Waals surface area contributed by atoms with Crippen LogP contribution in [-0.4, -0.2) is 27.0 Å². The smallest absolute Gasteiger partial charge is 0.128 e. The maximum Gasteiger partial charge on any atom is 0.128 e. The lowest BCUT2D eigenvalue weighted by Gasteiger charge is -2.01. The van der Waals surface area contributed by atoms with Gasteiger partial charge in [-0.3, -0.25) is 0 Å². The molecule has 0 saturated carbocycles. The summed E-state index contributed by atoms with van der Waals surface area (Å²) in [4.78, 5) is 4.16. The molecular weight excluding hydrogens is 208 g/mol. The quantitative estimate of drug-likeness (QED) is 0.768. The van der Waals surface area contributed by atoms with Crippen molar-refractivity contribution < 1.29 is 5.11 Å². The first kappa shape index (κ1) is 10.9. The minimum absolute atomic E-state index is 0.258. The van der Waals surface area contributed by atoms with Crippen molar-refractivity contribution in [1.82, 2.24) is 9.55 Å². The molecule has 74 valence electrons. The second kappa shape index (κ2) is 5.52. The van der Waals surface area contributed by atoms with Gasteiger partial charge in [0, 0.05) is 13.7 Å². The Labute approximate surface area is 87.1 Å². The molecule has 0 amide bonds. The van der Waals surface area contributed by atoms with Crippen molar-refractivity contribution >= 4 is 23.4 Å². The number of nitrogens with zero attached hydrogens (tertiary/aromatic N) is 2. The maximum atomic E-state index is 8.57. The van der Waals surface area contributed by atoms with Crippen LogP contribution < -0.4 is 0 Å². The third-order valence-corrected chi connectivity index (χ3v) is 3.10. The van der Waals surface area contributed by atoms with Gasteiger partial charge in [0.25, 0.3) is 0 Å². The highest BCUT2D eigenvalue weighted by Gasteiger charge is 2.03. The van der Waals surface area contributed by atoms with E-state index < -0.39 is 0 Å². The largest absolute Gasteiger partial charge is 0.396 e. The Morgan fingerprint density at radius 2 is 2.46 bits per heavy atom. The molecule has 0 atom stereocenters. The molecule has 1 N–H and O–H groups in total. The van der Waals surface area contributed by atoms with Gasteiger partial charge >= 0.3 is 0 Å². The number of rotatable bonds is 5. The van der Waals surface area contributed by atoms with E-state index in [0.717, 1.165) is 23.8 Å². The zero-order valence-corrected chi connectivity index (χ0v) is 9.11. The summed E-state index contributed by atoms with van der Waals surface area (Å²) in [5.41, 5.74) is 0. The van der Waals surface area contributed by atoms with Crippen LogP contribution in [0.3, 0.4) is 0 Å². The van der Waals surface area contributed by atoms with Crippen LogP contribution in [0.1, 0.15) is 12.2 Å². The molecule has 5 heteroatoms. The molecule has 0 radical (unpaired) electrons. The molecule has 0 aromatic carbocycles. The predicted octanol–water partition coefficient (Wildman–Crippen LogP) is 1.69. The van der Waals surface area contributed by atoms with Crippen LogP contribution in [0, 0.1) is 0 Å². The molecule has 0 saturated heterocycles. The molecule has 0 spiro atoms. The summed E-state index contributed by atoms with van der Waals surface area (Å²) in [5.74, 6) is 2.79. The first-order valence-corrected chi connectivity index (χ1v) is 5.63.